The van der Waals surface area contributed by atoms with E-state index in [-0.39, 0.29) is 30.3 Å². The Morgan fingerprint density at radius 1 is 0.758 bits per heavy atom. The number of nitrogens with one attached hydrogen (secondary N) is 2. The summed E-state index contributed by atoms with van der Waals surface area (Å²) in [5, 5.41) is 5.49. The van der Waals surface area contributed by atoms with Gasteiger partial charge in [-0.1, -0.05) is 42.0 Å². The summed E-state index contributed by atoms with van der Waals surface area (Å²) in [5.41, 5.74) is 2.93. The largest absolute Gasteiger partial charge is 0.427 e. The minimum absolute atomic E-state index is 0.0479. The Kier molecular flexibility index (Phi) is 7.70. The van der Waals surface area contributed by atoms with Gasteiger partial charge in [-0.25, -0.2) is 0 Å². The molecule has 0 saturated heterocycles. The molecule has 0 fully saturated rings. The van der Waals surface area contributed by atoms with Crippen molar-refractivity contribution in [3.8, 4) is 5.75 Å². The third kappa shape index (κ3) is 7.14. The second-order valence-electron chi connectivity index (χ2n) is 7.49. The molecule has 168 valence electrons. The first-order valence-electron chi connectivity index (χ1n) is 10.4. The Morgan fingerprint density at radius 3 is 2.12 bits per heavy atom. The molecular formula is C26H24N2O5. The van der Waals surface area contributed by atoms with Crippen LogP contribution in [0, 0.1) is 6.92 Å². The minimum atomic E-state index is -0.475. The Balaban J connectivity index is 1.56. The van der Waals surface area contributed by atoms with E-state index in [0.717, 1.165) is 5.56 Å². The average Bonchev–Trinajstić information content (AvgIpc) is 2.78. The van der Waals surface area contributed by atoms with Crippen LogP contribution in [0.15, 0.2) is 72.8 Å². The molecule has 0 bridgehead atoms. The number of carbonyl (C=O) groups is 4. The van der Waals surface area contributed by atoms with Crippen molar-refractivity contribution < 1.29 is 23.9 Å². The van der Waals surface area contributed by atoms with Crippen molar-refractivity contribution in [1.29, 1.82) is 0 Å². The van der Waals surface area contributed by atoms with Gasteiger partial charge in [0.15, 0.2) is 5.78 Å². The molecule has 0 heterocycles. The predicted molar refractivity (Wildman–Crippen MR) is 126 cm³/mol. The lowest BCUT2D eigenvalue weighted by Gasteiger charge is -2.10. The molecule has 3 rings (SSSR count). The molecule has 0 aliphatic carbocycles. The fourth-order valence-electron chi connectivity index (χ4n) is 3.08. The van der Waals surface area contributed by atoms with Crippen LogP contribution in [-0.2, 0) is 9.59 Å². The second-order valence-corrected chi connectivity index (χ2v) is 7.49. The molecule has 0 aliphatic heterocycles. The van der Waals surface area contributed by atoms with Gasteiger partial charge in [0.25, 0.3) is 5.91 Å². The number of rotatable bonds is 8. The first-order valence-corrected chi connectivity index (χ1v) is 10.4. The maximum Gasteiger partial charge on any atom is 0.308 e. The molecule has 0 saturated carbocycles. The van der Waals surface area contributed by atoms with Crippen molar-refractivity contribution in [2.45, 2.75) is 26.7 Å². The van der Waals surface area contributed by atoms with Gasteiger partial charge >= 0.3 is 5.97 Å². The number of ketones is 1. The predicted octanol–water partition coefficient (Wildman–Crippen LogP) is 4.77. The molecule has 2 N–H and O–H groups in total. The number of anilines is 2. The Morgan fingerprint density at radius 2 is 1.42 bits per heavy atom. The maximum absolute atomic E-state index is 12.5. The molecule has 0 spiro atoms. The topological polar surface area (TPSA) is 102 Å². The number of carbonyl (C=O) groups excluding carboxylic acids is 4. The fourth-order valence-corrected chi connectivity index (χ4v) is 3.08. The SMILES string of the molecule is CC(=O)Oc1cccc(C(=O)Nc2cccc(NC(=O)CCC(=O)c3ccc(C)cc3)c2)c1. The standard InChI is InChI=1S/C26H24N2O5/c1-17-9-11-19(12-10-17)24(30)13-14-25(31)27-21-6-4-7-22(16-21)28-26(32)20-5-3-8-23(15-20)33-18(2)29/h3-12,15-16H,13-14H2,1-2H3,(H,27,31)(H,28,32). The first kappa shape index (κ1) is 23.4. The normalized spacial score (nSPS) is 10.2. The molecule has 7 heteroatoms. The molecule has 0 unspecified atom stereocenters. The third-order valence-corrected chi connectivity index (χ3v) is 4.71. The quantitative estimate of drug-likeness (QED) is 0.296. The molecule has 0 radical (unpaired) electrons. The van der Waals surface area contributed by atoms with Crippen LogP contribution in [0.4, 0.5) is 11.4 Å². The molecular weight excluding hydrogens is 420 g/mol. The van der Waals surface area contributed by atoms with E-state index in [1.165, 1.54) is 13.0 Å². The van der Waals surface area contributed by atoms with Gasteiger partial charge in [0, 0.05) is 42.3 Å². The number of ether oxygens (including phenoxy) is 1. The highest BCUT2D eigenvalue weighted by Crippen LogP contribution is 2.19. The highest BCUT2D eigenvalue weighted by Gasteiger charge is 2.11. The number of Topliss-reactive ketones (excluding diaryl/α,β-unsaturated/α-hetero) is 1. The van der Waals surface area contributed by atoms with Crippen molar-refractivity contribution >= 4 is 34.9 Å². The van der Waals surface area contributed by atoms with E-state index < -0.39 is 11.9 Å². The van der Waals surface area contributed by atoms with Crippen LogP contribution in [-0.4, -0.2) is 23.6 Å². The molecule has 33 heavy (non-hydrogen) atoms. The van der Waals surface area contributed by atoms with Crippen LogP contribution in [0.25, 0.3) is 0 Å². The van der Waals surface area contributed by atoms with E-state index in [1.807, 2.05) is 19.1 Å². The van der Waals surface area contributed by atoms with Crippen molar-refractivity contribution in [3.63, 3.8) is 0 Å². The summed E-state index contributed by atoms with van der Waals surface area (Å²) >= 11 is 0. The number of amides is 2. The van der Waals surface area contributed by atoms with Crippen LogP contribution < -0.4 is 15.4 Å². The van der Waals surface area contributed by atoms with Gasteiger partial charge in [0.05, 0.1) is 0 Å². The molecule has 0 aromatic heterocycles. The molecule has 0 aliphatic rings. The lowest BCUT2D eigenvalue weighted by molar-refractivity contribution is -0.131. The number of hydrogen-bond donors (Lipinski definition) is 2. The van der Waals surface area contributed by atoms with Gasteiger partial charge in [0.2, 0.25) is 5.91 Å². The highest BCUT2D eigenvalue weighted by atomic mass is 16.5. The van der Waals surface area contributed by atoms with Crippen molar-refractivity contribution in [3.05, 3.63) is 89.5 Å². The van der Waals surface area contributed by atoms with E-state index >= 15 is 0 Å². The number of hydrogen-bond acceptors (Lipinski definition) is 5. The van der Waals surface area contributed by atoms with Crippen LogP contribution in [0.1, 0.15) is 46.0 Å². The van der Waals surface area contributed by atoms with E-state index in [9.17, 15) is 19.2 Å². The summed E-state index contributed by atoms with van der Waals surface area (Å²) in [6.07, 6.45) is 0.149. The summed E-state index contributed by atoms with van der Waals surface area (Å²) < 4.78 is 5.00. The van der Waals surface area contributed by atoms with E-state index in [4.69, 9.17) is 4.74 Å². The highest BCUT2D eigenvalue weighted by molar-refractivity contribution is 6.05. The molecule has 0 atom stereocenters. The fraction of sp³-hybridized carbons (Fsp3) is 0.154. The molecule has 7 nitrogen and oxygen atoms in total. The number of benzene rings is 3. The van der Waals surface area contributed by atoms with Gasteiger partial charge < -0.3 is 15.4 Å². The van der Waals surface area contributed by atoms with E-state index in [0.29, 0.717) is 22.5 Å². The number of aryl methyl sites for hydroxylation is 1. The Hall–Kier alpha value is -4.26. The molecule has 3 aromatic carbocycles. The minimum Gasteiger partial charge on any atom is -0.427 e. The zero-order chi connectivity index (χ0) is 23.8. The summed E-state index contributed by atoms with van der Waals surface area (Å²) in [6.45, 7) is 3.23. The van der Waals surface area contributed by atoms with E-state index in [1.54, 1.807) is 54.6 Å². The van der Waals surface area contributed by atoms with Gasteiger partial charge in [-0.2, -0.15) is 0 Å². The monoisotopic (exact) mass is 444 g/mol. The third-order valence-electron chi connectivity index (χ3n) is 4.71. The van der Waals surface area contributed by atoms with E-state index in [2.05, 4.69) is 10.6 Å². The average molecular weight is 444 g/mol. The first-order chi connectivity index (χ1) is 15.8. The lowest BCUT2D eigenvalue weighted by atomic mass is 10.0. The van der Waals surface area contributed by atoms with Gasteiger partial charge in [-0.05, 0) is 43.3 Å². The van der Waals surface area contributed by atoms with Crippen molar-refractivity contribution in [2.75, 3.05) is 10.6 Å². The summed E-state index contributed by atoms with van der Waals surface area (Å²) in [4.78, 5) is 48.2. The summed E-state index contributed by atoms with van der Waals surface area (Å²) in [6, 6.07) is 20.2. The lowest BCUT2D eigenvalue weighted by Crippen LogP contribution is -2.15. The zero-order valence-electron chi connectivity index (χ0n) is 18.4. The summed E-state index contributed by atoms with van der Waals surface area (Å²) in [7, 11) is 0. The molecule has 3 aromatic rings. The maximum atomic E-state index is 12.5. The van der Waals surface area contributed by atoms with Gasteiger partial charge in [0.1, 0.15) is 5.75 Å². The van der Waals surface area contributed by atoms with Crippen molar-refractivity contribution in [2.24, 2.45) is 0 Å². The van der Waals surface area contributed by atoms with Crippen LogP contribution in [0.3, 0.4) is 0 Å². The Labute approximate surface area is 191 Å². The number of esters is 1. The second kappa shape index (κ2) is 10.9. The Bertz CT molecular complexity index is 1190. The van der Waals surface area contributed by atoms with Crippen molar-refractivity contribution in [1.82, 2.24) is 0 Å². The van der Waals surface area contributed by atoms with Crippen LogP contribution in [0.2, 0.25) is 0 Å². The van der Waals surface area contributed by atoms with Gasteiger partial charge in [-0.3, -0.25) is 19.2 Å². The smallest absolute Gasteiger partial charge is 0.308 e. The zero-order valence-corrected chi connectivity index (χ0v) is 18.4. The summed E-state index contributed by atoms with van der Waals surface area (Å²) in [5.74, 6) is -0.987. The van der Waals surface area contributed by atoms with Crippen LogP contribution >= 0.6 is 0 Å². The molecule has 2 amide bonds. The van der Waals surface area contributed by atoms with Gasteiger partial charge in [-0.15, -0.1) is 0 Å². The van der Waals surface area contributed by atoms with Crippen LogP contribution in [0.5, 0.6) is 5.75 Å².